The molecule has 0 spiro atoms. The van der Waals surface area contributed by atoms with Crippen molar-refractivity contribution in [2.45, 2.75) is 53.1 Å². The number of hydrogen-bond acceptors (Lipinski definition) is 5. The van der Waals surface area contributed by atoms with Crippen LogP contribution in [0.4, 0.5) is 0 Å². The third-order valence-corrected chi connectivity index (χ3v) is 5.58. The van der Waals surface area contributed by atoms with Gasteiger partial charge in [0.1, 0.15) is 5.82 Å². The largest absolute Gasteiger partial charge is 0.381 e. The van der Waals surface area contributed by atoms with E-state index in [4.69, 9.17) is 4.74 Å². The highest BCUT2D eigenvalue weighted by Gasteiger charge is 2.31. The summed E-state index contributed by atoms with van der Waals surface area (Å²) in [6.45, 7) is 13.6. The average molecular weight is 390 g/mol. The molecule has 0 saturated carbocycles. The highest BCUT2D eigenvalue weighted by Crippen LogP contribution is 2.24. The molecule has 2 aliphatic rings. The molecule has 7 nitrogen and oxygen atoms in total. The summed E-state index contributed by atoms with van der Waals surface area (Å²) >= 11 is 0. The van der Waals surface area contributed by atoms with Gasteiger partial charge in [-0.25, -0.2) is 0 Å². The van der Waals surface area contributed by atoms with Gasteiger partial charge in [0, 0.05) is 39.2 Å². The molecule has 0 bridgehead atoms. The summed E-state index contributed by atoms with van der Waals surface area (Å²) in [5.74, 6) is 2.76. The van der Waals surface area contributed by atoms with Gasteiger partial charge >= 0.3 is 0 Å². The van der Waals surface area contributed by atoms with E-state index >= 15 is 0 Å². The predicted octanol–water partition coefficient (Wildman–Crippen LogP) is 2.20. The van der Waals surface area contributed by atoms with E-state index in [1.54, 1.807) is 0 Å². The highest BCUT2D eigenvalue weighted by molar-refractivity contribution is 5.79. The minimum absolute atomic E-state index is 0.0454. The maximum Gasteiger partial charge on any atom is 0.226 e. The van der Waals surface area contributed by atoms with Gasteiger partial charge in [0.05, 0.1) is 18.6 Å². The Morgan fingerprint density at radius 2 is 2.07 bits per heavy atom. The van der Waals surface area contributed by atoms with Crippen LogP contribution in [0.1, 0.15) is 51.8 Å². The van der Waals surface area contributed by atoms with Crippen LogP contribution in [-0.4, -0.2) is 58.4 Å². The highest BCUT2D eigenvalue weighted by atomic mass is 16.5. The lowest BCUT2D eigenvalue weighted by atomic mass is 10.0. The third kappa shape index (κ3) is 5.20. The fraction of sp³-hybridized carbons (Fsp3) is 0.762. The van der Waals surface area contributed by atoms with E-state index in [1.807, 2.05) is 0 Å². The lowest BCUT2D eigenvalue weighted by Crippen LogP contribution is -2.38. The van der Waals surface area contributed by atoms with E-state index in [-0.39, 0.29) is 23.8 Å². The Labute approximate surface area is 168 Å². The summed E-state index contributed by atoms with van der Waals surface area (Å²) < 4.78 is 7.60. The molecule has 1 amide bonds. The zero-order valence-corrected chi connectivity index (χ0v) is 17.7. The van der Waals surface area contributed by atoms with E-state index in [0.29, 0.717) is 19.1 Å². The summed E-state index contributed by atoms with van der Waals surface area (Å²) in [5.41, 5.74) is 0. The first-order valence-electron chi connectivity index (χ1n) is 10.6. The molecule has 1 aromatic rings. The Morgan fingerprint density at radius 1 is 1.25 bits per heavy atom. The molecule has 0 radical (unpaired) electrons. The minimum Gasteiger partial charge on any atom is -0.381 e. The summed E-state index contributed by atoms with van der Waals surface area (Å²) in [6, 6.07) is -0.123. The Bertz CT molecular complexity index is 676. The number of allylic oxidation sites excluding steroid dienone is 1. The van der Waals surface area contributed by atoms with E-state index in [1.165, 1.54) is 0 Å². The van der Waals surface area contributed by atoms with Crippen LogP contribution in [0.2, 0.25) is 0 Å². The van der Waals surface area contributed by atoms with Gasteiger partial charge in [-0.3, -0.25) is 9.69 Å². The standard InChI is InChI=1S/C21H35N5O2/c1-15(2)6-5-9-25-10-7-18-23-24-20(26(18)12-11-25)19(16(3)4)22-21(27)17-8-13-28-14-17/h5-6,15-17,19H,7-14H2,1-4H3,(H,22,27)/b6-5+/t17-,19+/m1/s1. The maximum absolute atomic E-state index is 12.7. The van der Waals surface area contributed by atoms with Crippen molar-refractivity contribution >= 4 is 5.91 Å². The van der Waals surface area contributed by atoms with Crippen molar-refractivity contribution in [3.8, 4) is 0 Å². The lowest BCUT2D eigenvalue weighted by molar-refractivity contribution is -0.126. The number of hydrogen-bond donors (Lipinski definition) is 1. The lowest BCUT2D eigenvalue weighted by Gasteiger charge is -2.24. The molecule has 1 N–H and O–H groups in total. The second-order valence-electron chi connectivity index (χ2n) is 8.64. The summed E-state index contributed by atoms with van der Waals surface area (Å²) in [4.78, 5) is 15.1. The van der Waals surface area contributed by atoms with Crippen LogP contribution in [0.3, 0.4) is 0 Å². The van der Waals surface area contributed by atoms with Crippen molar-refractivity contribution in [3.05, 3.63) is 23.8 Å². The molecule has 3 rings (SSSR count). The number of nitrogens with zero attached hydrogens (tertiary/aromatic N) is 4. The van der Waals surface area contributed by atoms with Gasteiger partial charge in [0.15, 0.2) is 5.82 Å². The Kier molecular flexibility index (Phi) is 7.24. The van der Waals surface area contributed by atoms with E-state index < -0.39 is 0 Å². The first kappa shape index (κ1) is 21.0. The number of carbonyl (C=O) groups is 1. The molecule has 0 aliphatic carbocycles. The van der Waals surface area contributed by atoms with E-state index in [0.717, 1.165) is 50.7 Å². The molecule has 2 atom stereocenters. The molecule has 28 heavy (non-hydrogen) atoms. The van der Waals surface area contributed by atoms with Crippen LogP contribution in [0.5, 0.6) is 0 Å². The van der Waals surface area contributed by atoms with Crippen LogP contribution in [0.25, 0.3) is 0 Å². The fourth-order valence-corrected chi connectivity index (χ4v) is 3.83. The number of rotatable bonds is 7. The molecule has 2 aliphatic heterocycles. The first-order chi connectivity index (χ1) is 13.5. The maximum atomic E-state index is 12.7. The van der Waals surface area contributed by atoms with Gasteiger partial charge in [-0.05, 0) is 18.3 Å². The molecule has 1 aromatic heterocycles. The average Bonchev–Trinajstić information content (AvgIpc) is 3.27. The van der Waals surface area contributed by atoms with Gasteiger partial charge in [-0.15, -0.1) is 10.2 Å². The topological polar surface area (TPSA) is 72.3 Å². The van der Waals surface area contributed by atoms with Crippen molar-refractivity contribution in [2.24, 2.45) is 17.8 Å². The first-order valence-corrected chi connectivity index (χ1v) is 10.6. The quantitative estimate of drug-likeness (QED) is 0.724. The van der Waals surface area contributed by atoms with Gasteiger partial charge in [-0.1, -0.05) is 39.8 Å². The molecule has 1 fully saturated rings. The zero-order valence-electron chi connectivity index (χ0n) is 17.7. The number of nitrogens with one attached hydrogen (secondary N) is 1. The van der Waals surface area contributed by atoms with Crippen LogP contribution in [-0.2, 0) is 22.5 Å². The van der Waals surface area contributed by atoms with Gasteiger partial charge in [0.25, 0.3) is 0 Å². The van der Waals surface area contributed by atoms with Crippen LogP contribution >= 0.6 is 0 Å². The molecule has 0 aromatic carbocycles. The number of fused-ring (bicyclic) bond motifs is 1. The summed E-state index contributed by atoms with van der Waals surface area (Å²) in [6.07, 6.45) is 6.21. The van der Waals surface area contributed by atoms with Crippen molar-refractivity contribution in [1.82, 2.24) is 25.0 Å². The second kappa shape index (κ2) is 9.65. The van der Waals surface area contributed by atoms with Crippen LogP contribution < -0.4 is 5.32 Å². The van der Waals surface area contributed by atoms with Gasteiger partial charge in [0.2, 0.25) is 5.91 Å². The molecular weight excluding hydrogens is 354 g/mol. The van der Waals surface area contributed by atoms with Crippen molar-refractivity contribution in [2.75, 3.05) is 32.8 Å². The predicted molar refractivity (Wildman–Crippen MR) is 109 cm³/mol. The molecule has 7 heteroatoms. The molecule has 156 valence electrons. The third-order valence-electron chi connectivity index (χ3n) is 5.58. The summed E-state index contributed by atoms with van der Waals surface area (Å²) in [7, 11) is 0. The zero-order chi connectivity index (χ0) is 20.1. The number of amides is 1. The van der Waals surface area contributed by atoms with E-state index in [9.17, 15) is 4.79 Å². The number of aromatic nitrogens is 3. The van der Waals surface area contributed by atoms with E-state index in [2.05, 4.69) is 64.8 Å². The number of ether oxygens (including phenoxy) is 1. The normalized spacial score (nSPS) is 22.0. The van der Waals surface area contributed by atoms with Gasteiger partial charge in [-0.2, -0.15) is 0 Å². The fourth-order valence-electron chi connectivity index (χ4n) is 3.83. The smallest absolute Gasteiger partial charge is 0.226 e. The monoisotopic (exact) mass is 389 g/mol. The van der Waals surface area contributed by atoms with Crippen molar-refractivity contribution < 1.29 is 9.53 Å². The molecule has 1 saturated heterocycles. The van der Waals surface area contributed by atoms with Crippen LogP contribution in [0.15, 0.2) is 12.2 Å². The second-order valence-corrected chi connectivity index (χ2v) is 8.64. The van der Waals surface area contributed by atoms with Crippen LogP contribution in [0, 0.1) is 17.8 Å². The minimum atomic E-state index is -0.123. The summed E-state index contributed by atoms with van der Waals surface area (Å²) in [5, 5.41) is 12.2. The van der Waals surface area contributed by atoms with Crippen molar-refractivity contribution in [3.63, 3.8) is 0 Å². The number of carbonyl (C=O) groups excluding carboxylic acids is 1. The molecular formula is C21H35N5O2. The SMILES string of the molecule is CC(C)/C=C/CN1CCc2nnc([C@@H](NC(=O)[C@@H]3CCOC3)C(C)C)n2CC1. The molecule has 3 heterocycles. The Balaban J connectivity index is 1.68. The van der Waals surface area contributed by atoms with Crippen molar-refractivity contribution in [1.29, 1.82) is 0 Å². The Hall–Kier alpha value is -1.73. The Morgan fingerprint density at radius 3 is 2.75 bits per heavy atom. The molecule has 0 unspecified atom stereocenters. The van der Waals surface area contributed by atoms with Gasteiger partial charge < -0.3 is 14.6 Å².